The molecule has 0 saturated heterocycles. The topological polar surface area (TPSA) is 83.1 Å². The number of hydrogen-bond acceptors (Lipinski definition) is 6. The Kier molecular flexibility index (Phi) is 7.76. The molecule has 7 nitrogen and oxygen atoms in total. The normalized spacial score (nSPS) is 11.9. The van der Waals surface area contributed by atoms with E-state index in [2.05, 4.69) is 26.1 Å². The van der Waals surface area contributed by atoms with Gasteiger partial charge in [0.25, 0.3) is 0 Å². The molecular weight excluding hydrogens is 542 g/mol. The fraction of sp³-hybridized carbons (Fsp3) is 0.167. The van der Waals surface area contributed by atoms with E-state index < -0.39 is 16.7 Å². The second-order valence-electron chi connectivity index (χ2n) is 7.56. The van der Waals surface area contributed by atoms with Gasteiger partial charge >= 0.3 is 0 Å². The lowest BCUT2D eigenvalue weighted by atomic mass is 10.1. The highest BCUT2D eigenvalue weighted by Gasteiger charge is 2.27. The van der Waals surface area contributed by atoms with Crippen molar-refractivity contribution in [2.75, 3.05) is 6.54 Å². The van der Waals surface area contributed by atoms with Gasteiger partial charge in [0.2, 0.25) is 6.54 Å². The molecule has 0 aliphatic rings. The van der Waals surface area contributed by atoms with Crippen LogP contribution in [-0.4, -0.2) is 26.2 Å². The van der Waals surface area contributed by atoms with E-state index in [1.54, 1.807) is 54.0 Å². The molecule has 0 saturated carbocycles. The predicted octanol–water partition coefficient (Wildman–Crippen LogP) is 6.31. The first-order valence-electron chi connectivity index (χ1n) is 10.4. The molecule has 0 radical (unpaired) electrons. The molecule has 0 fully saturated rings. The van der Waals surface area contributed by atoms with E-state index in [4.69, 9.17) is 4.74 Å². The summed E-state index contributed by atoms with van der Waals surface area (Å²) in [6.45, 7) is 1.51. The molecule has 0 amide bonds. The highest BCUT2D eigenvalue weighted by atomic mass is 79.9. The summed E-state index contributed by atoms with van der Waals surface area (Å²) in [7, 11) is 0. The van der Waals surface area contributed by atoms with Crippen molar-refractivity contribution in [2.24, 2.45) is 0 Å². The summed E-state index contributed by atoms with van der Waals surface area (Å²) in [5.41, 5.74) is 1.98. The van der Waals surface area contributed by atoms with Gasteiger partial charge in [-0.2, -0.15) is 0 Å². The molecule has 35 heavy (non-hydrogen) atoms. The maximum atomic E-state index is 13.4. The van der Waals surface area contributed by atoms with E-state index in [9.17, 15) is 18.9 Å². The van der Waals surface area contributed by atoms with Crippen molar-refractivity contribution in [3.05, 3.63) is 110 Å². The Morgan fingerprint density at radius 3 is 2.37 bits per heavy atom. The zero-order valence-electron chi connectivity index (χ0n) is 18.4. The lowest BCUT2D eigenvalue weighted by Gasteiger charge is -2.18. The van der Waals surface area contributed by atoms with Crippen LogP contribution in [0.4, 0.5) is 8.78 Å². The Labute approximate surface area is 212 Å². The molecule has 180 valence electrons. The summed E-state index contributed by atoms with van der Waals surface area (Å²) in [5, 5.41) is 19.7. The van der Waals surface area contributed by atoms with E-state index >= 15 is 0 Å². The van der Waals surface area contributed by atoms with Crippen LogP contribution in [0, 0.1) is 28.7 Å². The van der Waals surface area contributed by atoms with Gasteiger partial charge in [0.05, 0.1) is 0 Å². The molecule has 4 aromatic rings. The SMILES string of the molecule is Cc1nnc(S[C@H](C[N+](=O)[O-])c2cc(Br)ccc2OCc2ccc(F)cc2)n1-c1ccc(F)cc1. The second kappa shape index (κ2) is 11.0. The molecular formula is C24H19BrF2N4O3S. The highest BCUT2D eigenvalue weighted by Crippen LogP contribution is 2.41. The van der Waals surface area contributed by atoms with Crippen molar-refractivity contribution in [2.45, 2.75) is 23.9 Å². The Hall–Kier alpha value is -3.31. The molecule has 0 bridgehead atoms. The zero-order chi connectivity index (χ0) is 24.9. The molecule has 1 atom stereocenters. The third-order valence-corrected chi connectivity index (χ3v) is 6.72. The maximum Gasteiger partial charge on any atom is 0.220 e. The molecule has 0 spiro atoms. The highest BCUT2D eigenvalue weighted by molar-refractivity contribution is 9.10. The van der Waals surface area contributed by atoms with Crippen LogP contribution < -0.4 is 4.74 Å². The quantitative estimate of drug-likeness (QED) is 0.135. The Balaban J connectivity index is 1.67. The summed E-state index contributed by atoms with van der Waals surface area (Å²) in [6.07, 6.45) is 0. The van der Waals surface area contributed by atoms with Crippen LogP contribution in [0.15, 0.2) is 76.4 Å². The minimum atomic E-state index is -0.673. The van der Waals surface area contributed by atoms with Crippen molar-refractivity contribution in [3.8, 4) is 11.4 Å². The molecule has 1 aromatic heterocycles. The first-order chi connectivity index (χ1) is 16.8. The molecule has 4 rings (SSSR count). The van der Waals surface area contributed by atoms with Gasteiger partial charge in [0.15, 0.2) is 5.16 Å². The number of nitro groups is 1. The molecule has 0 aliphatic heterocycles. The fourth-order valence-corrected chi connectivity index (χ4v) is 4.98. The van der Waals surface area contributed by atoms with Crippen LogP contribution in [0.5, 0.6) is 5.75 Å². The predicted molar refractivity (Wildman–Crippen MR) is 131 cm³/mol. The van der Waals surface area contributed by atoms with Gasteiger partial charge in [-0.25, -0.2) is 8.78 Å². The zero-order valence-corrected chi connectivity index (χ0v) is 20.8. The van der Waals surface area contributed by atoms with E-state index in [1.807, 2.05) is 0 Å². The molecule has 11 heteroatoms. The van der Waals surface area contributed by atoms with Crippen molar-refractivity contribution in [3.63, 3.8) is 0 Å². The van der Waals surface area contributed by atoms with E-state index in [1.165, 1.54) is 36.0 Å². The Morgan fingerprint density at radius 2 is 1.71 bits per heavy atom. The first-order valence-corrected chi connectivity index (χ1v) is 12.1. The molecule has 0 aliphatic carbocycles. The third-order valence-electron chi connectivity index (χ3n) is 5.07. The van der Waals surface area contributed by atoms with E-state index in [0.717, 1.165) is 10.0 Å². The standard InChI is InChI=1S/C24H19BrF2N4O3S/c1-15-28-29-24(31(15)20-9-7-19(27)8-10-20)35-23(13-30(32)33)21-12-17(25)4-11-22(21)34-14-16-2-5-18(26)6-3-16/h2-12,23H,13-14H2,1H3/t23-/m1/s1. The maximum absolute atomic E-state index is 13.4. The molecule has 1 heterocycles. The summed E-state index contributed by atoms with van der Waals surface area (Å²) >= 11 is 4.60. The summed E-state index contributed by atoms with van der Waals surface area (Å²) in [6, 6.07) is 17.0. The number of halogens is 3. The van der Waals surface area contributed by atoms with Gasteiger partial charge in [0, 0.05) is 20.6 Å². The van der Waals surface area contributed by atoms with Crippen LogP contribution in [0.25, 0.3) is 5.69 Å². The van der Waals surface area contributed by atoms with Gasteiger partial charge in [0.1, 0.15) is 35.1 Å². The number of aromatic nitrogens is 3. The average molecular weight is 561 g/mol. The van der Waals surface area contributed by atoms with E-state index in [0.29, 0.717) is 28.0 Å². The smallest absolute Gasteiger partial charge is 0.220 e. The Bertz CT molecular complexity index is 1330. The number of benzene rings is 3. The van der Waals surface area contributed by atoms with Crippen LogP contribution in [0.1, 0.15) is 22.2 Å². The summed E-state index contributed by atoms with van der Waals surface area (Å²) in [5.74, 6) is 0.292. The van der Waals surface area contributed by atoms with Crippen LogP contribution in [0.3, 0.4) is 0 Å². The van der Waals surface area contributed by atoms with Crippen LogP contribution in [0.2, 0.25) is 0 Å². The molecule has 0 unspecified atom stereocenters. The molecule has 0 N–H and O–H groups in total. The average Bonchev–Trinajstić information content (AvgIpc) is 3.19. The number of thioether (sulfide) groups is 1. The van der Waals surface area contributed by atoms with Gasteiger partial charge < -0.3 is 4.74 Å². The van der Waals surface area contributed by atoms with Crippen LogP contribution >= 0.6 is 27.7 Å². The monoisotopic (exact) mass is 560 g/mol. The van der Waals surface area contributed by atoms with E-state index in [-0.39, 0.29) is 18.2 Å². The van der Waals surface area contributed by atoms with Gasteiger partial charge in [-0.15, -0.1) is 10.2 Å². The number of aryl methyl sites for hydroxylation is 1. The fourth-order valence-electron chi connectivity index (χ4n) is 3.41. The Morgan fingerprint density at radius 1 is 1.06 bits per heavy atom. The third kappa shape index (κ3) is 6.23. The first kappa shape index (κ1) is 24.8. The number of rotatable bonds is 9. The largest absolute Gasteiger partial charge is 0.489 e. The summed E-state index contributed by atoms with van der Waals surface area (Å²) in [4.78, 5) is 11.2. The van der Waals surface area contributed by atoms with Crippen LogP contribution in [-0.2, 0) is 6.61 Å². The number of ether oxygens (including phenoxy) is 1. The summed E-state index contributed by atoms with van der Waals surface area (Å²) < 4.78 is 35.1. The lowest BCUT2D eigenvalue weighted by molar-refractivity contribution is -0.479. The van der Waals surface area contributed by atoms with Gasteiger partial charge in [-0.1, -0.05) is 39.8 Å². The van der Waals surface area contributed by atoms with Crippen molar-refractivity contribution < 1.29 is 18.4 Å². The molecule has 3 aromatic carbocycles. The van der Waals surface area contributed by atoms with Crippen molar-refractivity contribution >= 4 is 27.7 Å². The minimum Gasteiger partial charge on any atom is -0.489 e. The van der Waals surface area contributed by atoms with Crippen molar-refractivity contribution in [1.82, 2.24) is 14.8 Å². The van der Waals surface area contributed by atoms with Gasteiger partial charge in [-0.3, -0.25) is 14.7 Å². The second-order valence-corrected chi connectivity index (χ2v) is 9.65. The number of hydrogen-bond donors (Lipinski definition) is 0. The van der Waals surface area contributed by atoms with Gasteiger partial charge in [-0.05, 0) is 67.1 Å². The number of nitrogens with zero attached hydrogens (tertiary/aromatic N) is 4. The lowest BCUT2D eigenvalue weighted by Crippen LogP contribution is -2.12. The van der Waals surface area contributed by atoms with Crippen molar-refractivity contribution in [1.29, 1.82) is 0 Å². The minimum absolute atomic E-state index is 0.162.